The van der Waals surface area contributed by atoms with Crippen molar-refractivity contribution in [1.82, 2.24) is 4.57 Å². The van der Waals surface area contributed by atoms with Gasteiger partial charge < -0.3 is 4.57 Å². The minimum Gasteiger partial charge on any atom is -0.350 e. The summed E-state index contributed by atoms with van der Waals surface area (Å²) in [5.74, 6) is 0.122. The molecule has 1 aromatic carbocycles. The molecule has 0 unspecified atom stereocenters. The van der Waals surface area contributed by atoms with Crippen LogP contribution < -0.4 is 0 Å². The van der Waals surface area contributed by atoms with Gasteiger partial charge in [0.25, 0.3) is 0 Å². The Balaban J connectivity index is 0.000000980. The summed E-state index contributed by atoms with van der Waals surface area (Å²) < 4.78 is 1.98. The molecule has 0 N–H and O–H groups in total. The number of carbonyl (C=O) groups excluding carboxylic acids is 1. The van der Waals surface area contributed by atoms with E-state index in [4.69, 9.17) is 0 Å². The van der Waals surface area contributed by atoms with Crippen molar-refractivity contribution in [3.8, 4) is 0 Å². The maximum atomic E-state index is 11.3. The third-order valence-electron chi connectivity index (χ3n) is 2.28. The molecule has 68 valence electrons. The molecular weight excluding hydrogens is 162 g/mol. The molecule has 1 heterocycles. The van der Waals surface area contributed by atoms with E-state index in [1.807, 2.05) is 42.1 Å². The molecule has 0 aliphatic rings. The van der Waals surface area contributed by atoms with Gasteiger partial charge in [0.1, 0.15) is 0 Å². The number of rotatable bonds is 1. The number of hydrogen-bond acceptors (Lipinski definition) is 1. The predicted octanol–water partition coefficient (Wildman–Crippen LogP) is 2.63. The van der Waals surface area contributed by atoms with Crippen LogP contribution in [0.2, 0.25) is 0 Å². The van der Waals surface area contributed by atoms with Gasteiger partial charge in [-0.25, -0.2) is 0 Å². The first-order valence-electron chi connectivity index (χ1n) is 4.25. The number of fused-ring (bicyclic) bond motifs is 1. The Labute approximate surface area is 78.3 Å². The Morgan fingerprint density at radius 3 is 2.77 bits per heavy atom. The van der Waals surface area contributed by atoms with E-state index < -0.39 is 0 Å². The second kappa shape index (κ2) is 2.73. The van der Waals surface area contributed by atoms with Gasteiger partial charge in [0.2, 0.25) is 0 Å². The van der Waals surface area contributed by atoms with E-state index in [1.54, 1.807) is 6.92 Å². The van der Waals surface area contributed by atoms with Gasteiger partial charge in [0.05, 0.1) is 0 Å². The average molecular weight is 175 g/mol. The lowest BCUT2D eigenvalue weighted by atomic mass is 10.1. The molecule has 0 radical (unpaired) electrons. The quantitative estimate of drug-likeness (QED) is 0.611. The Bertz CT molecular complexity index is 473. The van der Waals surface area contributed by atoms with Crippen LogP contribution in [-0.2, 0) is 7.05 Å². The molecule has 0 saturated carbocycles. The van der Waals surface area contributed by atoms with Crippen LogP contribution in [0.25, 0.3) is 10.9 Å². The molecule has 0 aliphatic carbocycles. The zero-order valence-electron chi connectivity index (χ0n) is 7.74. The molecule has 0 amide bonds. The molecule has 0 saturated heterocycles. The highest BCUT2D eigenvalue weighted by atomic mass is 16.1. The predicted molar refractivity (Wildman–Crippen MR) is 55.0 cm³/mol. The summed E-state index contributed by atoms with van der Waals surface area (Å²) in [6, 6.07) is 7.93. The molecule has 13 heavy (non-hydrogen) atoms. The van der Waals surface area contributed by atoms with E-state index in [-0.39, 0.29) is 7.21 Å². The standard InChI is InChI=1S/C11H11NO.H2/c1-8(13)10-7-12(2)11-6-4-3-5-9(10)11;/h3-7H,1-2H3;1H. The smallest absolute Gasteiger partial charge is 0.161 e. The fraction of sp³-hybridized carbons (Fsp3) is 0.182. The van der Waals surface area contributed by atoms with Crippen LogP contribution >= 0.6 is 0 Å². The second-order valence-corrected chi connectivity index (χ2v) is 3.23. The average Bonchev–Trinajstić information content (AvgIpc) is 2.45. The van der Waals surface area contributed by atoms with Crippen molar-refractivity contribution in [3.63, 3.8) is 0 Å². The highest BCUT2D eigenvalue weighted by Crippen LogP contribution is 2.20. The van der Waals surface area contributed by atoms with E-state index in [9.17, 15) is 4.79 Å². The summed E-state index contributed by atoms with van der Waals surface area (Å²) in [5, 5.41) is 1.04. The van der Waals surface area contributed by atoms with Gasteiger partial charge in [-0.2, -0.15) is 0 Å². The van der Waals surface area contributed by atoms with E-state index in [2.05, 4.69) is 0 Å². The number of benzene rings is 1. The van der Waals surface area contributed by atoms with Crippen LogP contribution in [0.5, 0.6) is 0 Å². The molecule has 0 spiro atoms. The molecule has 1 aromatic heterocycles. The first-order chi connectivity index (χ1) is 6.20. The van der Waals surface area contributed by atoms with Gasteiger partial charge in [0.15, 0.2) is 5.78 Å². The van der Waals surface area contributed by atoms with Gasteiger partial charge >= 0.3 is 0 Å². The summed E-state index contributed by atoms with van der Waals surface area (Å²) in [6.07, 6.45) is 1.88. The molecule has 2 nitrogen and oxygen atoms in total. The van der Waals surface area contributed by atoms with Crippen molar-refractivity contribution in [3.05, 3.63) is 36.0 Å². The lowest BCUT2D eigenvalue weighted by Crippen LogP contribution is -1.88. The Morgan fingerprint density at radius 1 is 1.38 bits per heavy atom. The molecule has 0 atom stereocenters. The normalized spacial score (nSPS) is 10.6. The first-order valence-corrected chi connectivity index (χ1v) is 4.25. The monoisotopic (exact) mass is 175 g/mol. The number of nitrogens with zero attached hydrogens (tertiary/aromatic N) is 1. The number of para-hydroxylation sites is 1. The molecule has 2 aromatic rings. The van der Waals surface area contributed by atoms with Crippen molar-refractivity contribution in [2.45, 2.75) is 6.92 Å². The highest BCUT2D eigenvalue weighted by molar-refractivity contribution is 6.06. The van der Waals surface area contributed by atoms with E-state index >= 15 is 0 Å². The summed E-state index contributed by atoms with van der Waals surface area (Å²) in [7, 11) is 1.95. The van der Waals surface area contributed by atoms with Crippen molar-refractivity contribution >= 4 is 16.7 Å². The van der Waals surface area contributed by atoms with Crippen LogP contribution in [0.3, 0.4) is 0 Å². The Hall–Kier alpha value is -1.57. The zero-order valence-corrected chi connectivity index (χ0v) is 7.74. The van der Waals surface area contributed by atoms with Crippen molar-refractivity contribution in [2.24, 2.45) is 7.05 Å². The van der Waals surface area contributed by atoms with Crippen molar-refractivity contribution in [2.75, 3.05) is 0 Å². The van der Waals surface area contributed by atoms with Gasteiger partial charge in [0, 0.05) is 31.1 Å². The Kier molecular flexibility index (Phi) is 1.69. The number of aryl methyl sites for hydroxylation is 1. The maximum Gasteiger partial charge on any atom is 0.161 e. The van der Waals surface area contributed by atoms with Crippen LogP contribution in [0.1, 0.15) is 18.7 Å². The summed E-state index contributed by atoms with van der Waals surface area (Å²) in [5.41, 5.74) is 1.91. The Morgan fingerprint density at radius 2 is 2.08 bits per heavy atom. The lowest BCUT2D eigenvalue weighted by molar-refractivity contribution is 0.101. The summed E-state index contributed by atoms with van der Waals surface area (Å²) in [4.78, 5) is 11.3. The minimum atomic E-state index is 0. The van der Waals surface area contributed by atoms with Gasteiger partial charge in [-0.3, -0.25) is 4.79 Å². The fourth-order valence-corrected chi connectivity index (χ4v) is 1.62. The highest BCUT2D eigenvalue weighted by Gasteiger charge is 2.08. The molecule has 0 aliphatic heterocycles. The van der Waals surface area contributed by atoms with Gasteiger partial charge in [-0.15, -0.1) is 0 Å². The van der Waals surface area contributed by atoms with Crippen molar-refractivity contribution in [1.29, 1.82) is 0 Å². The zero-order chi connectivity index (χ0) is 9.42. The molecule has 0 fully saturated rings. The number of hydrogen-bond donors (Lipinski definition) is 0. The lowest BCUT2D eigenvalue weighted by Gasteiger charge is -1.93. The number of Topliss-reactive ketones (excluding diaryl/α,β-unsaturated/α-hetero) is 1. The molecule has 2 rings (SSSR count). The third kappa shape index (κ3) is 1.15. The topological polar surface area (TPSA) is 22.0 Å². The van der Waals surface area contributed by atoms with E-state index in [0.29, 0.717) is 0 Å². The van der Waals surface area contributed by atoms with Crippen LogP contribution in [0, 0.1) is 0 Å². The van der Waals surface area contributed by atoms with Crippen LogP contribution in [-0.4, -0.2) is 10.4 Å². The van der Waals surface area contributed by atoms with E-state index in [1.165, 1.54) is 0 Å². The van der Waals surface area contributed by atoms with Crippen molar-refractivity contribution < 1.29 is 6.22 Å². The molecular formula is C11H13NO. The number of aromatic nitrogens is 1. The van der Waals surface area contributed by atoms with Gasteiger partial charge in [-0.1, -0.05) is 18.2 Å². The molecule has 0 bridgehead atoms. The summed E-state index contributed by atoms with van der Waals surface area (Å²) in [6.45, 7) is 1.60. The third-order valence-corrected chi connectivity index (χ3v) is 2.28. The molecule has 2 heteroatoms. The largest absolute Gasteiger partial charge is 0.350 e. The van der Waals surface area contributed by atoms with Crippen LogP contribution in [0.4, 0.5) is 0 Å². The fourth-order valence-electron chi connectivity index (χ4n) is 1.62. The number of ketones is 1. The first kappa shape index (κ1) is 8.05. The van der Waals surface area contributed by atoms with Crippen LogP contribution in [0.15, 0.2) is 30.5 Å². The maximum absolute atomic E-state index is 11.3. The SMILES string of the molecule is CC(=O)c1cn(C)c2ccccc12.[HH]. The van der Waals surface area contributed by atoms with E-state index in [0.717, 1.165) is 16.5 Å². The number of carbonyl (C=O) groups is 1. The summed E-state index contributed by atoms with van der Waals surface area (Å²) >= 11 is 0. The second-order valence-electron chi connectivity index (χ2n) is 3.23. The minimum absolute atomic E-state index is 0. The van der Waals surface area contributed by atoms with Gasteiger partial charge in [-0.05, 0) is 13.0 Å².